The van der Waals surface area contributed by atoms with Crippen LogP contribution < -0.4 is 16.0 Å². The van der Waals surface area contributed by atoms with Crippen LogP contribution in [0.1, 0.15) is 15.9 Å². The molecule has 0 saturated carbocycles. The molecule has 0 unspecified atom stereocenters. The first-order valence-electron chi connectivity index (χ1n) is 6.42. The molecular formula is C16H19N3O. The van der Waals surface area contributed by atoms with Crippen LogP contribution in [0.5, 0.6) is 0 Å². The lowest BCUT2D eigenvalue weighted by molar-refractivity contribution is 0.102. The van der Waals surface area contributed by atoms with Crippen molar-refractivity contribution in [3.8, 4) is 0 Å². The smallest absolute Gasteiger partial charge is 0.255 e. The van der Waals surface area contributed by atoms with E-state index in [1.807, 2.05) is 56.3 Å². The van der Waals surface area contributed by atoms with E-state index in [2.05, 4.69) is 5.32 Å². The third kappa shape index (κ3) is 3.09. The van der Waals surface area contributed by atoms with Crippen molar-refractivity contribution in [3.05, 3.63) is 53.6 Å². The summed E-state index contributed by atoms with van der Waals surface area (Å²) in [5, 5.41) is 2.86. The molecule has 0 saturated heterocycles. The molecule has 1 amide bonds. The Balaban J connectivity index is 2.12. The predicted molar refractivity (Wildman–Crippen MR) is 84.3 cm³/mol. The molecule has 20 heavy (non-hydrogen) atoms. The monoisotopic (exact) mass is 269 g/mol. The SMILES string of the molecule is Cc1ccc(C(=O)Nc2ccc(N(C)C)cc2)cc1N. The van der Waals surface area contributed by atoms with Crippen molar-refractivity contribution in [2.45, 2.75) is 6.92 Å². The maximum absolute atomic E-state index is 12.1. The van der Waals surface area contributed by atoms with Gasteiger partial charge >= 0.3 is 0 Å². The van der Waals surface area contributed by atoms with Crippen molar-refractivity contribution in [2.75, 3.05) is 30.0 Å². The molecule has 2 aromatic carbocycles. The van der Waals surface area contributed by atoms with Gasteiger partial charge in [0, 0.05) is 36.7 Å². The maximum Gasteiger partial charge on any atom is 0.255 e. The van der Waals surface area contributed by atoms with Gasteiger partial charge in [0.1, 0.15) is 0 Å². The molecule has 0 radical (unpaired) electrons. The lowest BCUT2D eigenvalue weighted by Gasteiger charge is -2.13. The van der Waals surface area contributed by atoms with E-state index in [1.54, 1.807) is 12.1 Å². The number of carbonyl (C=O) groups is 1. The normalized spacial score (nSPS) is 10.2. The first-order valence-corrected chi connectivity index (χ1v) is 6.42. The van der Waals surface area contributed by atoms with E-state index in [1.165, 1.54) is 0 Å². The lowest BCUT2D eigenvalue weighted by Crippen LogP contribution is -2.13. The minimum absolute atomic E-state index is 0.158. The van der Waals surface area contributed by atoms with Crippen molar-refractivity contribution in [1.82, 2.24) is 0 Å². The summed E-state index contributed by atoms with van der Waals surface area (Å²) in [6.07, 6.45) is 0. The Labute approximate surface area is 119 Å². The van der Waals surface area contributed by atoms with Crippen LogP contribution in [-0.2, 0) is 0 Å². The minimum atomic E-state index is -0.158. The van der Waals surface area contributed by atoms with Gasteiger partial charge in [-0.25, -0.2) is 0 Å². The van der Waals surface area contributed by atoms with Gasteiger partial charge in [-0.15, -0.1) is 0 Å². The van der Waals surface area contributed by atoms with E-state index < -0.39 is 0 Å². The van der Waals surface area contributed by atoms with Gasteiger partial charge in [-0.1, -0.05) is 6.07 Å². The number of carbonyl (C=O) groups excluding carboxylic acids is 1. The Bertz CT molecular complexity index is 618. The second kappa shape index (κ2) is 5.65. The Morgan fingerprint density at radius 3 is 2.30 bits per heavy atom. The van der Waals surface area contributed by atoms with Gasteiger partial charge in [0.2, 0.25) is 0 Å². The fourth-order valence-corrected chi connectivity index (χ4v) is 1.83. The molecule has 0 aliphatic rings. The Kier molecular flexibility index (Phi) is 3.94. The number of nitrogen functional groups attached to an aromatic ring is 1. The summed E-state index contributed by atoms with van der Waals surface area (Å²) in [5.41, 5.74) is 9.82. The molecule has 0 spiro atoms. The van der Waals surface area contributed by atoms with Crippen LogP contribution in [0.2, 0.25) is 0 Å². The number of aryl methyl sites for hydroxylation is 1. The highest BCUT2D eigenvalue weighted by atomic mass is 16.1. The molecule has 4 nitrogen and oxygen atoms in total. The third-order valence-corrected chi connectivity index (χ3v) is 3.18. The average Bonchev–Trinajstić information content (AvgIpc) is 2.42. The number of rotatable bonds is 3. The number of anilines is 3. The average molecular weight is 269 g/mol. The standard InChI is InChI=1S/C16H19N3O/c1-11-4-5-12(10-15(11)17)16(20)18-13-6-8-14(9-7-13)19(2)3/h4-10H,17H2,1-3H3,(H,18,20). The van der Waals surface area contributed by atoms with Gasteiger partial charge in [0.15, 0.2) is 0 Å². The van der Waals surface area contributed by atoms with E-state index in [0.717, 1.165) is 16.9 Å². The molecule has 0 aliphatic heterocycles. The third-order valence-electron chi connectivity index (χ3n) is 3.18. The summed E-state index contributed by atoms with van der Waals surface area (Å²) in [6.45, 7) is 1.91. The molecule has 0 heterocycles. The van der Waals surface area contributed by atoms with E-state index in [0.29, 0.717) is 11.3 Å². The number of benzene rings is 2. The fourth-order valence-electron chi connectivity index (χ4n) is 1.83. The predicted octanol–water partition coefficient (Wildman–Crippen LogP) is 2.90. The second-order valence-corrected chi connectivity index (χ2v) is 4.97. The summed E-state index contributed by atoms with van der Waals surface area (Å²) < 4.78 is 0. The quantitative estimate of drug-likeness (QED) is 0.842. The zero-order chi connectivity index (χ0) is 14.7. The van der Waals surface area contributed by atoms with Gasteiger partial charge < -0.3 is 16.0 Å². The molecule has 0 bridgehead atoms. The minimum Gasteiger partial charge on any atom is -0.398 e. The number of hydrogen-bond acceptors (Lipinski definition) is 3. The largest absolute Gasteiger partial charge is 0.398 e. The molecule has 0 aliphatic carbocycles. The second-order valence-electron chi connectivity index (χ2n) is 4.97. The maximum atomic E-state index is 12.1. The van der Waals surface area contributed by atoms with Crippen LogP contribution in [0.4, 0.5) is 17.1 Å². The Morgan fingerprint density at radius 2 is 1.75 bits per heavy atom. The summed E-state index contributed by atoms with van der Waals surface area (Å²) in [5.74, 6) is -0.158. The number of nitrogens with two attached hydrogens (primary N) is 1. The summed E-state index contributed by atoms with van der Waals surface area (Å²) in [4.78, 5) is 14.1. The molecule has 104 valence electrons. The zero-order valence-corrected chi connectivity index (χ0v) is 12.0. The van der Waals surface area contributed by atoms with Gasteiger partial charge in [0.25, 0.3) is 5.91 Å². The zero-order valence-electron chi connectivity index (χ0n) is 12.0. The van der Waals surface area contributed by atoms with Crippen molar-refractivity contribution in [3.63, 3.8) is 0 Å². The molecule has 2 aromatic rings. The number of nitrogens with one attached hydrogen (secondary N) is 1. The van der Waals surface area contributed by atoms with Crippen molar-refractivity contribution in [2.24, 2.45) is 0 Å². The first kappa shape index (κ1) is 13.9. The molecule has 4 heteroatoms. The number of nitrogens with zero attached hydrogens (tertiary/aromatic N) is 1. The Morgan fingerprint density at radius 1 is 1.10 bits per heavy atom. The highest BCUT2D eigenvalue weighted by molar-refractivity contribution is 6.04. The molecular weight excluding hydrogens is 250 g/mol. The van der Waals surface area contributed by atoms with Crippen molar-refractivity contribution < 1.29 is 4.79 Å². The van der Waals surface area contributed by atoms with Crippen molar-refractivity contribution in [1.29, 1.82) is 0 Å². The van der Waals surface area contributed by atoms with Crippen LogP contribution in [0.3, 0.4) is 0 Å². The van der Waals surface area contributed by atoms with Gasteiger partial charge in [-0.05, 0) is 48.9 Å². The molecule has 0 fully saturated rings. The fraction of sp³-hybridized carbons (Fsp3) is 0.188. The summed E-state index contributed by atoms with van der Waals surface area (Å²) in [6, 6.07) is 13.0. The first-order chi connectivity index (χ1) is 9.47. The van der Waals surface area contributed by atoms with E-state index >= 15 is 0 Å². The summed E-state index contributed by atoms with van der Waals surface area (Å²) >= 11 is 0. The topological polar surface area (TPSA) is 58.4 Å². The van der Waals surface area contributed by atoms with Gasteiger partial charge in [-0.3, -0.25) is 4.79 Å². The van der Waals surface area contributed by atoms with Crippen LogP contribution in [-0.4, -0.2) is 20.0 Å². The van der Waals surface area contributed by atoms with E-state index in [9.17, 15) is 4.79 Å². The number of hydrogen-bond donors (Lipinski definition) is 2. The molecule has 3 N–H and O–H groups in total. The van der Waals surface area contributed by atoms with Crippen molar-refractivity contribution >= 4 is 23.0 Å². The molecule has 0 aromatic heterocycles. The van der Waals surface area contributed by atoms with Crippen LogP contribution in [0, 0.1) is 6.92 Å². The van der Waals surface area contributed by atoms with E-state index in [-0.39, 0.29) is 5.91 Å². The highest BCUT2D eigenvalue weighted by Crippen LogP contribution is 2.18. The van der Waals surface area contributed by atoms with Crippen LogP contribution in [0.25, 0.3) is 0 Å². The van der Waals surface area contributed by atoms with E-state index in [4.69, 9.17) is 5.73 Å². The van der Waals surface area contributed by atoms with Gasteiger partial charge in [0.05, 0.1) is 0 Å². The van der Waals surface area contributed by atoms with Crippen LogP contribution >= 0.6 is 0 Å². The molecule has 2 rings (SSSR count). The lowest BCUT2D eigenvalue weighted by atomic mass is 10.1. The van der Waals surface area contributed by atoms with Gasteiger partial charge in [-0.2, -0.15) is 0 Å². The Hall–Kier alpha value is -2.49. The highest BCUT2D eigenvalue weighted by Gasteiger charge is 2.07. The van der Waals surface area contributed by atoms with Crippen LogP contribution in [0.15, 0.2) is 42.5 Å². The summed E-state index contributed by atoms with van der Waals surface area (Å²) in [7, 11) is 3.95. The number of amides is 1. The molecule has 0 atom stereocenters.